The second-order valence-corrected chi connectivity index (χ2v) is 10.3. The van der Waals surface area contributed by atoms with E-state index in [-0.39, 0.29) is 0 Å². The van der Waals surface area contributed by atoms with E-state index in [1.807, 2.05) is 62.4 Å². The van der Waals surface area contributed by atoms with Crippen molar-refractivity contribution in [3.8, 4) is 11.5 Å². The van der Waals surface area contributed by atoms with Gasteiger partial charge in [-0.2, -0.15) is 10.2 Å². The highest BCUT2D eigenvalue weighted by Gasteiger charge is 2.04. The van der Waals surface area contributed by atoms with Gasteiger partial charge in [0.1, 0.15) is 11.5 Å². The molecule has 10 heteroatoms. The summed E-state index contributed by atoms with van der Waals surface area (Å²) in [6.45, 7) is 9.20. The summed E-state index contributed by atoms with van der Waals surface area (Å²) >= 11 is 0. The lowest BCUT2D eigenvalue weighted by molar-refractivity contribution is 0.151. The van der Waals surface area contributed by atoms with Gasteiger partial charge in [0.2, 0.25) is 0 Å². The van der Waals surface area contributed by atoms with Gasteiger partial charge in [0.05, 0.1) is 37.9 Å². The van der Waals surface area contributed by atoms with Crippen molar-refractivity contribution in [3.05, 3.63) is 59.7 Å². The van der Waals surface area contributed by atoms with Crippen LogP contribution in [-0.2, 0) is 9.47 Å². The van der Waals surface area contributed by atoms with Crippen molar-refractivity contribution in [2.75, 3.05) is 26.4 Å². The van der Waals surface area contributed by atoms with Crippen LogP contribution in [0.15, 0.2) is 58.7 Å². The smallest absolute Gasteiger partial charge is 0.427 e. The average molecular weight is 611 g/mol. The molecule has 0 bridgehead atoms. The minimum absolute atomic E-state index is 0.308. The lowest BCUT2D eigenvalue weighted by Crippen LogP contribution is -2.20. The molecular weight excluding hydrogens is 560 g/mol. The first kappa shape index (κ1) is 36.1. The number of unbranched alkanes of at least 4 members (excludes halogenated alkanes) is 9. The monoisotopic (exact) mass is 610 g/mol. The second kappa shape index (κ2) is 22.5. The normalized spacial score (nSPS) is 11.5. The Morgan fingerprint density at radius 3 is 1.18 bits per heavy atom. The van der Waals surface area contributed by atoms with Gasteiger partial charge in [-0.05, 0) is 100 Å². The maximum absolute atomic E-state index is 11.4. The van der Waals surface area contributed by atoms with Crippen molar-refractivity contribution in [1.29, 1.82) is 0 Å². The first-order valence-corrected chi connectivity index (χ1v) is 15.8. The summed E-state index contributed by atoms with van der Waals surface area (Å²) in [5, 5.41) is 8.08. The van der Waals surface area contributed by atoms with E-state index in [2.05, 4.69) is 21.1 Å². The zero-order valence-electron chi connectivity index (χ0n) is 26.9. The first-order chi connectivity index (χ1) is 21.4. The Bertz CT molecular complexity index is 1060. The molecule has 2 aromatic carbocycles. The number of hydrazone groups is 2. The quantitative estimate of drug-likeness (QED) is 0.0840. The Morgan fingerprint density at radius 2 is 0.864 bits per heavy atom. The standard InChI is InChI=1S/C34H50N4O6/c1-5-41-33(39)37-35-27(3)29-17-21-31(22-18-29)43-25-15-13-11-9-7-8-10-12-14-16-26-44-32-23-19-30(20-24-32)28(4)36-38-34(40)42-6-2/h17-24H,5-16,25-26H2,1-4H3,(H,37,39)(H,38,40)/b35-27+,36-28+. The van der Waals surface area contributed by atoms with Crippen molar-refractivity contribution in [2.24, 2.45) is 10.2 Å². The van der Waals surface area contributed by atoms with Gasteiger partial charge in [0.15, 0.2) is 0 Å². The van der Waals surface area contributed by atoms with E-state index in [4.69, 9.17) is 18.9 Å². The van der Waals surface area contributed by atoms with Crippen LogP contribution in [0.3, 0.4) is 0 Å². The van der Waals surface area contributed by atoms with Crippen LogP contribution in [0.4, 0.5) is 9.59 Å². The highest BCUT2D eigenvalue weighted by Crippen LogP contribution is 2.16. The zero-order valence-corrected chi connectivity index (χ0v) is 26.9. The molecule has 242 valence electrons. The van der Waals surface area contributed by atoms with Crippen molar-refractivity contribution in [3.63, 3.8) is 0 Å². The molecule has 2 N–H and O–H groups in total. The van der Waals surface area contributed by atoms with Gasteiger partial charge in [-0.15, -0.1) is 0 Å². The largest absolute Gasteiger partial charge is 0.494 e. The number of carbonyl (C=O) groups is 2. The summed E-state index contributed by atoms with van der Waals surface area (Å²) < 4.78 is 21.3. The lowest BCUT2D eigenvalue weighted by atomic mass is 10.1. The third-order valence-corrected chi connectivity index (χ3v) is 6.80. The van der Waals surface area contributed by atoms with E-state index >= 15 is 0 Å². The molecule has 2 amide bonds. The Kier molecular flexibility index (Phi) is 18.4. The summed E-state index contributed by atoms with van der Waals surface area (Å²) in [7, 11) is 0. The first-order valence-electron chi connectivity index (χ1n) is 15.8. The SMILES string of the molecule is CCOC(=O)N/N=C(\C)c1ccc(OCCCCCCCCCCCCOc2ccc(/C(C)=N/NC(=O)OCC)cc2)cc1. The molecule has 10 nitrogen and oxygen atoms in total. The van der Waals surface area contributed by atoms with E-state index < -0.39 is 12.2 Å². The highest BCUT2D eigenvalue weighted by molar-refractivity contribution is 5.99. The van der Waals surface area contributed by atoms with Crippen LogP contribution in [0.5, 0.6) is 11.5 Å². The maximum Gasteiger partial charge on any atom is 0.427 e. The lowest BCUT2D eigenvalue weighted by Gasteiger charge is -2.08. The van der Waals surface area contributed by atoms with Crippen LogP contribution < -0.4 is 20.3 Å². The third-order valence-electron chi connectivity index (χ3n) is 6.80. The van der Waals surface area contributed by atoms with E-state index in [1.54, 1.807) is 13.8 Å². The molecule has 0 fully saturated rings. The number of nitrogens with one attached hydrogen (secondary N) is 2. The van der Waals surface area contributed by atoms with Crippen molar-refractivity contribution >= 4 is 23.6 Å². The molecule has 0 aliphatic heterocycles. The van der Waals surface area contributed by atoms with Crippen LogP contribution in [0.1, 0.15) is 103 Å². The van der Waals surface area contributed by atoms with Gasteiger partial charge in [-0.25, -0.2) is 20.4 Å². The fourth-order valence-corrected chi connectivity index (χ4v) is 4.30. The molecule has 0 unspecified atom stereocenters. The topological polar surface area (TPSA) is 120 Å². The number of ether oxygens (including phenoxy) is 4. The number of hydrogen-bond acceptors (Lipinski definition) is 8. The molecule has 44 heavy (non-hydrogen) atoms. The number of rotatable bonds is 21. The Labute approximate surface area is 262 Å². The fourth-order valence-electron chi connectivity index (χ4n) is 4.30. The van der Waals surface area contributed by atoms with Gasteiger partial charge in [0.25, 0.3) is 0 Å². The van der Waals surface area contributed by atoms with Crippen molar-refractivity contribution < 1.29 is 28.5 Å². The van der Waals surface area contributed by atoms with Gasteiger partial charge in [0, 0.05) is 0 Å². The molecule has 0 atom stereocenters. The summed E-state index contributed by atoms with van der Waals surface area (Å²) in [4.78, 5) is 22.7. The number of benzene rings is 2. The summed E-state index contributed by atoms with van der Waals surface area (Å²) in [6, 6.07) is 15.4. The number of hydrogen-bond donors (Lipinski definition) is 2. The summed E-state index contributed by atoms with van der Waals surface area (Å²) in [5.41, 5.74) is 7.96. The Morgan fingerprint density at radius 1 is 0.545 bits per heavy atom. The van der Waals surface area contributed by atoms with E-state index in [9.17, 15) is 9.59 Å². The Hall–Kier alpha value is -4.08. The molecule has 0 saturated heterocycles. The molecule has 2 rings (SSSR count). The molecular formula is C34H50N4O6. The van der Waals surface area contributed by atoms with Crippen molar-refractivity contribution in [2.45, 2.75) is 91.9 Å². The molecule has 0 radical (unpaired) electrons. The molecule has 0 aliphatic rings. The van der Waals surface area contributed by atoms with Crippen LogP contribution in [-0.4, -0.2) is 50.0 Å². The maximum atomic E-state index is 11.4. The van der Waals surface area contributed by atoms with Gasteiger partial charge in [-0.3, -0.25) is 0 Å². The van der Waals surface area contributed by atoms with E-state index in [0.717, 1.165) is 35.5 Å². The zero-order chi connectivity index (χ0) is 31.8. The predicted molar refractivity (Wildman–Crippen MR) is 175 cm³/mol. The summed E-state index contributed by atoms with van der Waals surface area (Å²) in [5.74, 6) is 1.68. The molecule has 0 saturated carbocycles. The highest BCUT2D eigenvalue weighted by atomic mass is 16.6. The molecule has 0 aliphatic carbocycles. The van der Waals surface area contributed by atoms with Crippen LogP contribution in [0, 0.1) is 0 Å². The van der Waals surface area contributed by atoms with E-state index in [1.165, 1.54) is 51.4 Å². The molecule has 2 aromatic rings. The Balaban J connectivity index is 1.43. The predicted octanol–water partition coefficient (Wildman–Crippen LogP) is 7.99. The van der Waals surface area contributed by atoms with Crippen LogP contribution in [0.25, 0.3) is 0 Å². The van der Waals surface area contributed by atoms with Gasteiger partial charge in [-0.1, -0.05) is 51.4 Å². The van der Waals surface area contributed by atoms with Crippen LogP contribution >= 0.6 is 0 Å². The minimum Gasteiger partial charge on any atom is -0.494 e. The fraction of sp³-hybridized carbons (Fsp3) is 0.529. The molecule has 0 heterocycles. The van der Waals surface area contributed by atoms with Crippen LogP contribution in [0.2, 0.25) is 0 Å². The molecule has 0 aromatic heterocycles. The minimum atomic E-state index is -0.559. The van der Waals surface area contributed by atoms with E-state index in [0.29, 0.717) is 37.9 Å². The second-order valence-electron chi connectivity index (χ2n) is 10.3. The molecule has 0 spiro atoms. The van der Waals surface area contributed by atoms with Gasteiger partial charge >= 0.3 is 12.2 Å². The van der Waals surface area contributed by atoms with Crippen molar-refractivity contribution in [1.82, 2.24) is 10.9 Å². The number of amides is 2. The summed E-state index contributed by atoms with van der Waals surface area (Å²) in [6.07, 6.45) is 10.9. The number of carbonyl (C=O) groups excluding carboxylic acids is 2. The average Bonchev–Trinajstić information content (AvgIpc) is 3.03. The van der Waals surface area contributed by atoms with Gasteiger partial charge < -0.3 is 18.9 Å². The number of nitrogens with zero attached hydrogens (tertiary/aromatic N) is 2. The third kappa shape index (κ3) is 16.0.